The molecule has 1 N–H and O–H groups in total. The van der Waals surface area contributed by atoms with Gasteiger partial charge in [-0.3, -0.25) is 9.59 Å². The largest absolute Gasteiger partial charge is 0.497 e. The molecule has 0 saturated heterocycles. The first kappa shape index (κ1) is 26.3. The highest BCUT2D eigenvalue weighted by Gasteiger charge is 2.23. The van der Waals surface area contributed by atoms with Gasteiger partial charge in [0, 0.05) is 23.6 Å². The van der Waals surface area contributed by atoms with Crippen molar-refractivity contribution in [3.05, 3.63) is 95.0 Å². The standard InChI is InChI=1S/C28H27ClN4O3S/c1-19(21-6-4-3-5-7-21)33(26(35)18-20-8-14-24(36-2)15-9-20)17-16-25(34)30-28-32-31-27(37-28)22-10-12-23(29)13-11-22/h3-15,19H,16-18H2,1-2H3,(H,30,32,34)/t19-/m1/s1. The lowest BCUT2D eigenvalue weighted by atomic mass is 10.0. The number of aromatic nitrogens is 2. The summed E-state index contributed by atoms with van der Waals surface area (Å²) in [4.78, 5) is 27.9. The third-order valence-corrected chi connectivity index (χ3v) is 7.07. The van der Waals surface area contributed by atoms with Crippen molar-refractivity contribution in [2.24, 2.45) is 0 Å². The fourth-order valence-electron chi connectivity index (χ4n) is 3.85. The summed E-state index contributed by atoms with van der Waals surface area (Å²) in [6, 6.07) is 24.3. The SMILES string of the molecule is COc1ccc(CC(=O)N(CCC(=O)Nc2nnc(-c3ccc(Cl)cc3)s2)[C@H](C)c2ccccc2)cc1. The van der Waals surface area contributed by atoms with Gasteiger partial charge in [-0.05, 0) is 42.3 Å². The zero-order valence-electron chi connectivity index (χ0n) is 20.6. The first-order valence-electron chi connectivity index (χ1n) is 11.8. The summed E-state index contributed by atoms with van der Waals surface area (Å²) in [7, 11) is 1.61. The lowest BCUT2D eigenvalue weighted by Crippen LogP contribution is -2.37. The first-order valence-corrected chi connectivity index (χ1v) is 13.0. The summed E-state index contributed by atoms with van der Waals surface area (Å²) in [5.74, 6) is 0.440. The number of methoxy groups -OCH3 is 1. The number of amides is 2. The Morgan fingerprint density at radius 1 is 1.00 bits per heavy atom. The van der Waals surface area contributed by atoms with E-state index in [4.69, 9.17) is 16.3 Å². The molecule has 0 aliphatic rings. The Morgan fingerprint density at radius 2 is 1.70 bits per heavy atom. The van der Waals surface area contributed by atoms with Crippen molar-refractivity contribution in [2.75, 3.05) is 19.0 Å². The van der Waals surface area contributed by atoms with Gasteiger partial charge in [-0.25, -0.2) is 0 Å². The number of nitrogens with zero attached hydrogens (tertiary/aromatic N) is 3. The topological polar surface area (TPSA) is 84.4 Å². The Kier molecular flexibility index (Phi) is 8.87. The van der Waals surface area contributed by atoms with Gasteiger partial charge in [-0.15, -0.1) is 10.2 Å². The number of hydrogen-bond acceptors (Lipinski definition) is 6. The molecule has 7 nitrogen and oxygen atoms in total. The van der Waals surface area contributed by atoms with Gasteiger partial charge in [0.1, 0.15) is 10.8 Å². The minimum Gasteiger partial charge on any atom is -0.497 e. The Hall–Kier alpha value is -3.75. The van der Waals surface area contributed by atoms with Crippen LogP contribution in [0.25, 0.3) is 10.6 Å². The minimum atomic E-state index is -0.235. The van der Waals surface area contributed by atoms with Crippen LogP contribution >= 0.6 is 22.9 Å². The van der Waals surface area contributed by atoms with Crippen LogP contribution in [0, 0.1) is 0 Å². The van der Waals surface area contributed by atoms with Crippen LogP contribution in [0.4, 0.5) is 5.13 Å². The van der Waals surface area contributed by atoms with E-state index in [1.165, 1.54) is 11.3 Å². The number of rotatable bonds is 10. The van der Waals surface area contributed by atoms with E-state index in [0.29, 0.717) is 15.2 Å². The first-order chi connectivity index (χ1) is 17.9. The maximum Gasteiger partial charge on any atom is 0.227 e. The molecule has 0 spiro atoms. The molecule has 1 heterocycles. The number of ether oxygens (including phenoxy) is 1. The monoisotopic (exact) mass is 534 g/mol. The van der Waals surface area contributed by atoms with E-state index >= 15 is 0 Å². The van der Waals surface area contributed by atoms with E-state index in [1.54, 1.807) is 24.1 Å². The molecule has 0 bridgehead atoms. The van der Waals surface area contributed by atoms with E-state index in [2.05, 4.69) is 15.5 Å². The van der Waals surface area contributed by atoms with Crippen LogP contribution in [0.1, 0.15) is 30.5 Å². The van der Waals surface area contributed by atoms with Crippen molar-refractivity contribution in [1.29, 1.82) is 0 Å². The highest BCUT2D eigenvalue weighted by atomic mass is 35.5. The maximum absolute atomic E-state index is 13.4. The number of nitrogens with one attached hydrogen (secondary N) is 1. The van der Waals surface area contributed by atoms with Gasteiger partial charge in [0.15, 0.2) is 0 Å². The number of carbonyl (C=O) groups excluding carboxylic acids is 2. The summed E-state index contributed by atoms with van der Waals surface area (Å²) < 4.78 is 5.21. The normalized spacial score (nSPS) is 11.5. The summed E-state index contributed by atoms with van der Waals surface area (Å²) in [5.41, 5.74) is 2.75. The van der Waals surface area contributed by atoms with Crippen LogP contribution in [-0.4, -0.2) is 40.6 Å². The molecule has 4 aromatic rings. The van der Waals surface area contributed by atoms with Gasteiger partial charge in [0.05, 0.1) is 19.6 Å². The van der Waals surface area contributed by atoms with Gasteiger partial charge < -0.3 is 15.0 Å². The summed E-state index contributed by atoms with van der Waals surface area (Å²) in [6.45, 7) is 2.24. The second kappa shape index (κ2) is 12.5. The zero-order chi connectivity index (χ0) is 26.2. The van der Waals surface area contributed by atoms with Crippen LogP contribution in [-0.2, 0) is 16.0 Å². The number of halogens is 1. The Morgan fingerprint density at radius 3 is 2.38 bits per heavy atom. The molecule has 1 aromatic heterocycles. The molecule has 2 amide bonds. The Bertz CT molecular complexity index is 1330. The van der Waals surface area contributed by atoms with Crippen molar-refractivity contribution < 1.29 is 14.3 Å². The van der Waals surface area contributed by atoms with Crippen LogP contribution in [0.2, 0.25) is 5.02 Å². The fourth-order valence-corrected chi connectivity index (χ4v) is 4.74. The molecule has 3 aromatic carbocycles. The molecule has 0 aliphatic heterocycles. The predicted octanol–water partition coefficient (Wildman–Crippen LogP) is 6.03. The van der Waals surface area contributed by atoms with E-state index < -0.39 is 0 Å². The van der Waals surface area contributed by atoms with Crippen LogP contribution in [0.5, 0.6) is 5.75 Å². The van der Waals surface area contributed by atoms with E-state index in [9.17, 15) is 9.59 Å². The Balaban J connectivity index is 1.42. The number of hydrogen-bond donors (Lipinski definition) is 1. The third kappa shape index (κ3) is 7.15. The lowest BCUT2D eigenvalue weighted by Gasteiger charge is -2.30. The zero-order valence-corrected chi connectivity index (χ0v) is 22.1. The molecular formula is C28H27ClN4O3S. The second-order valence-corrected chi connectivity index (χ2v) is 9.83. The lowest BCUT2D eigenvalue weighted by molar-refractivity contribution is -0.133. The average molecular weight is 535 g/mol. The van der Waals surface area contributed by atoms with E-state index in [-0.39, 0.29) is 37.2 Å². The number of benzene rings is 3. The molecule has 4 rings (SSSR count). The van der Waals surface area contributed by atoms with Crippen LogP contribution in [0.3, 0.4) is 0 Å². The van der Waals surface area contributed by atoms with Gasteiger partial charge in [0.25, 0.3) is 0 Å². The molecule has 37 heavy (non-hydrogen) atoms. The van der Waals surface area contributed by atoms with Crippen LogP contribution in [0.15, 0.2) is 78.9 Å². The third-order valence-electron chi connectivity index (χ3n) is 5.93. The highest BCUT2D eigenvalue weighted by molar-refractivity contribution is 7.18. The number of anilines is 1. The average Bonchev–Trinajstić information content (AvgIpc) is 3.38. The van der Waals surface area contributed by atoms with Gasteiger partial charge in [-0.2, -0.15) is 0 Å². The van der Waals surface area contributed by atoms with Crippen molar-refractivity contribution in [3.63, 3.8) is 0 Å². The molecule has 190 valence electrons. The van der Waals surface area contributed by atoms with E-state index in [1.807, 2.05) is 73.7 Å². The molecule has 0 radical (unpaired) electrons. The molecule has 1 atom stereocenters. The molecule has 0 fully saturated rings. The van der Waals surface area contributed by atoms with Crippen molar-refractivity contribution in [1.82, 2.24) is 15.1 Å². The molecule has 9 heteroatoms. The summed E-state index contributed by atoms with van der Waals surface area (Å²) in [6.07, 6.45) is 0.352. The quantitative estimate of drug-likeness (QED) is 0.268. The fraction of sp³-hybridized carbons (Fsp3) is 0.214. The predicted molar refractivity (Wildman–Crippen MR) is 147 cm³/mol. The van der Waals surface area contributed by atoms with Crippen molar-refractivity contribution in [3.8, 4) is 16.3 Å². The van der Waals surface area contributed by atoms with Crippen LogP contribution < -0.4 is 10.1 Å². The van der Waals surface area contributed by atoms with Crippen molar-refractivity contribution >= 4 is 39.9 Å². The summed E-state index contributed by atoms with van der Waals surface area (Å²) in [5, 5.41) is 12.8. The Labute approximate surface area is 225 Å². The van der Waals surface area contributed by atoms with Gasteiger partial charge >= 0.3 is 0 Å². The second-order valence-electron chi connectivity index (χ2n) is 8.42. The highest BCUT2D eigenvalue weighted by Crippen LogP contribution is 2.28. The minimum absolute atomic E-state index is 0.0599. The smallest absolute Gasteiger partial charge is 0.227 e. The molecule has 0 aliphatic carbocycles. The van der Waals surface area contributed by atoms with E-state index in [0.717, 1.165) is 22.4 Å². The van der Waals surface area contributed by atoms with Crippen molar-refractivity contribution in [2.45, 2.75) is 25.8 Å². The molecule has 0 unspecified atom stereocenters. The molecular weight excluding hydrogens is 508 g/mol. The van der Waals surface area contributed by atoms with Gasteiger partial charge in [0.2, 0.25) is 16.9 Å². The molecule has 0 saturated carbocycles. The number of carbonyl (C=O) groups is 2. The maximum atomic E-state index is 13.4. The summed E-state index contributed by atoms with van der Waals surface area (Å²) >= 11 is 7.23. The van der Waals surface area contributed by atoms with Gasteiger partial charge in [-0.1, -0.05) is 77.5 Å².